The van der Waals surface area contributed by atoms with Gasteiger partial charge in [-0.2, -0.15) is 0 Å². The van der Waals surface area contributed by atoms with Crippen LogP contribution in [0.5, 0.6) is 0 Å². The summed E-state index contributed by atoms with van der Waals surface area (Å²) in [6.45, 7) is 11.2. The summed E-state index contributed by atoms with van der Waals surface area (Å²) >= 11 is 0. The molecule has 5 heteroatoms. The van der Waals surface area contributed by atoms with Crippen LogP contribution in [0.3, 0.4) is 0 Å². The largest absolute Gasteiger partial charge is 0.444 e. The fraction of sp³-hybridized carbons (Fsp3) is 0.917. The number of piperidine rings is 1. The molecule has 1 amide bonds. The van der Waals surface area contributed by atoms with Crippen molar-refractivity contribution in [2.45, 2.75) is 52.7 Å². The minimum absolute atomic E-state index is 0. The Hall–Kier alpha value is -0.480. The van der Waals surface area contributed by atoms with Crippen molar-refractivity contribution in [3.05, 3.63) is 0 Å². The minimum Gasteiger partial charge on any atom is -0.444 e. The monoisotopic (exact) mass is 264 g/mol. The van der Waals surface area contributed by atoms with Crippen LogP contribution in [0.4, 0.5) is 4.79 Å². The predicted octanol–water partition coefficient (Wildman–Crippen LogP) is 2.40. The molecule has 0 radical (unpaired) electrons. The number of ether oxygens (including phenoxy) is 1. The summed E-state index contributed by atoms with van der Waals surface area (Å²) in [5.41, 5.74) is 5.56. The van der Waals surface area contributed by atoms with Gasteiger partial charge in [0.05, 0.1) is 0 Å². The molecule has 1 aliphatic heterocycles. The summed E-state index contributed by atoms with van der Waals surface area (Å²) in [6, 6.07) is 0.159. The third kappa shape index (κ3) is 4.72. The quantitative estimate of drug-likeness (QED) is 0.731. The second kappa shape index (κ2) is 5.44. The van der Waals surface area contributed by atoms with E-state index < -0.39 is 5.60 Å². The smallest absolute Gasteiger partial charge is 0.410 e. The number of rotatable bonds is 0. The topological polar surface area (TPSA) is 55.6 Å². The second-order valence-electron chi connectivity index (χ2n) is 6.29. The fourth-order valence-corrected chi connectivity index (χ4v) is 1.86. The van der Waals surface area contributed by atoms with Crippen LogP contribution < -0.4 is 5.73 Å². The van der Waals surface area contributed by atoms with Gasteiger partial charge in [-0.25, -0.2) is 4.79 Å². The Kier molecular flexibility index (Phi) is 5.29. The SMILES string of the molecule is CC(C)(C)OC(=O)N1CCC(N)C(C)(C)C1.Cl. The average molecular weight is 265 g/mol. The molecular formula is C12H25ClN2O2. The van der Waals surface area contributed by atoms with Crippen LogP contribution in [0.2, 0.25) is 0 Å². The zero-order valence-corrected chi connectivity index (χ0v) is 12.3. The first-order chi connectivity index (χ1) is 7.12. The van der Waals surface area contributed by atoms with Crippen molar-refractivity contribution in [1.82, 2.24) is 4.90 Å². The average Bonchev–Trinajstić information content (AvgIpc) is 2.06. The van der Waals surface area contributed by atoms with Crippen molar-refractivity contribution in [2.75, 3.05) is 13.1 Å². The number of halogens is 1. The number of hydrogen-bond acceptors (Lipinski definition) is 3. The number of hydrogen-bond donors (Lipinski definition) is 1. The minimum atomic E-state index is -0.430. The highest BCUT2D eigenvalue weighted by atomic mass is 35.5. The van der Waals surface area contributed by atoms with Crippen molar-refractivity contribution < 1.29 is 9.53 Å². The standard InChI is InChI=1S/C12H24N2O2.ClH/c1-11(2,3)16-10(15)14-7-6-9(13)12(4,5)8-14;/h9H,6-8,13H2,1-5H3;1H. The highest BCUT2D eigenvalue weighted by molar-refractivity contribution is 5.85. The summed E-state index contributed by atoms with van der Waals surface area (Å²) < 4.78 is 5.35. The predicted molar refractivity (Wildman–Crippen MR) is 71.4 cm³/mol. The lowest BCUT2D eigenvalue weighted by atomic mass is 9.80. The van der Waals surface area contributed by atoms with E-state index in [1.807, 2.05) is 20.8 Å². The highest BCUT2D eigenvalue weighted by Crippen LogP contribution is 2.28. The van der Waals surface area contributed by atoms with E-state index >= 15 is 0 Å². The van der Waals surface area contributed by atoms with Crippen molar-refractivity contribution in [2.24, 2.45) is 11.1 Å². The molecule has 1 saturated heterocycles. The molecule has 0 spiro atoms. The molecule has 1 heterocycles. The lowest BCUT2D eigenvalue weighted by Crippen LogP contribution is -2.54. The molecule has 1 atom stereocenters. The fourth-order valence-electron chi connectivity index (χ4n) is 1.86. The van der Waals surface area contributed by atoms with E-state index in [0.29, 0.717) is 13.1 Å². The molecule has 102 valence electrons. The number of carbonyl (C=O) groups excluding carboxylic acids is 1. The first kappa shape index (κ1) is 16.5. The molecule has 0 aromatic heterocycles. The van der Waals surface area contributed by atoms with Crippen LogP contribution in [0.25, 0.3) is 0 Å². The van der Waals surface area contributed by atoms with Crippen LogP contribution >= 0.6 is 12.4 Å². The first-order valence-corrected chi connectivity index (χ1v) is 5.85. The summed E-state index contributed by atoms with van der Waals surface area (Å²) in [5, 5.41) is 0. The van der Waals surface area contributed by atoms with Crippen LogP contribution in [-0.2, 0) is 4.74 Å². The van der Waals surface area contributed by atoms with E-state index in [4.69, 9.17) is 10.5 Å². The van der Waals surface area contributed by atoms with Gasteiger partial charge in [0.1, 0.15) is 5.60 Å². The molecule has 1 unspecified atom stereocenters. The van der Waals surface area contributed by atoms with Gasteiger partial charge in [-0.05, 0) is 32.6 Å². The van der Waals surface area contributed by atoms with Gasteiger partial charge in [0.2, 0.25) is 0 Å². The molecule has 0 aliphatic carbocycles. The van der Waals surface area contributed by atoms with Crippen molar-refractivity contribution in [3.8, 4) is 0 Å². The molecule has 1 rings (SSSR count). The maximum absolute atomic E-state index is 11.9. The number of nitrogens with zero attached hydrogens (tertiary/aromatic N) is 1. The number of amides is 1. The van der Waals surface area contributed by atoms with Crippen LogP contribution in [-0.4, -0.2) is 35.7 Å². The third-order valence-electron chi connectivity index (χ3n) is 2.96. The summed E-state index contributed by atoms with van der Waals surface area (Å²) in [7, 11) is 0. The normalized spacial score (nSPS) is 23.9. The second-order valence-corrected chi connectivity index (χ2v) is 6.29. The van der Waals surface area contributed by atoms with Crippen molar-refractivity contribution in [1.29, 1.82) is 0 Å². The van der Waals surface area contributed by atoms with Gasteiger partial charge < -0.3 is 15.4 Å². The van der Waals surface area contributed by atoms with E-state index in [1.54, 1.807) is 4.90 Å². The summed E-state index contributed by atoms with van der Waals surface area (Å²) in [6.07, 6.45) is 0.610. The maximum Gasteiger partial charge on any atom is 0.410 e. The van der Waals surface area contributed by atoms with Gasteiger partial charge in [-0.3, -0.25) is 0 Å². The Morgan fingerprint density at radius 1 is 1.41 bits per heavy atom. The van der Waals surface area contributed by atoms with Gasteiger partial charge >= 0.3 is 6.09 Å². The molecule has 0 aromatic rings. The summed E-state index contributed by atoms with van der Waals surface area (Å²) in [4.78, 5) is 13.6. The molecule has 0 bridgehead atoms. The molecule has 0 saturated carbocycles. The Labute approximate surface area is 110 Å². The van der Waals surface area contributed by atoms with Gasteiger partial charge in [0, 0.05) is 19.1 Å². The molecular weight excluding hydrogens is 240 g/mol. The van der Waals surface area contributed by atoms with Crippen molar-refractivity contribution >= 4 is 18.5 Å². The molecule has 1 aliphatic rings. The summed E-state index contributed by atoms with van der Waals surface area (Å²) in [5.74, 6) is 0. The lowest BCUT2D eigenvalue weighted by Gasteiger charge is -2.42. The Morgan fingerprint density at radius 3 is 2.35 bits per heavy atom. The molecule has 17 heavy (non-hydrogen) atoms. The Bertz CT molecular complexity index is 274. The molecule has 2 N–H and O–H groups in total. The van der Waals surface area contributed by atoms with Gasteiger partial charge in [0.15, 0.2) is 0 Å². The number of carbonyl (C=O) groups is 1. The van der Waals surface area contributed by atoms with E-state index in [2.05, 4.69) is 13.8 Å². The molecule has 1 fully saturated rings. The van der Waals surface area contributed by atoms with E-state index in [9.17, 15) is 4.79 Å². The Morgan fingerprint density at radius 2 is 1.94 bits per heavy atom. The third-order valence-corrected chi connectivity index (χ3v) is 2.96. The highest BCUT2D eigenvalue weighted by Gasteiger charge is 2.36. The maximum atomic E-state index is 11.9. The molecule has 0 aromatic carbocycles. The van der Waals surface area contributed by atoms with Gasteiger partial charge in [0.25, 0.3) is 0 Å². The van der Waals surface area contributed by atoms with E-state index in [1.165, 1.54) is 0 Å². The lowest BCUT2D eigenvalue weighted by molar-refractivity contribution is 0.00551. The van der Waals surface area contributed by atoms with Crippen LogP contribution in [0.1, 0.15) is 41.0 Å². The van der Waals surface area contributed by atoms with Gasteiger partial charge in [-0.1, -0.05) is 13.8 Å². The number of nitrogens with two attached hydrogens (primary N) is 1. The van der Waals surface area contributed by atoms with Gasteiger partial charge in [-0.15, -0.1) is 12.4 Å². The van der Waals surface area contributed by atoms with Crippen molar-refractivity contribution in [3.63, 3.8) is 0 Å². The zero-order chi connectivity index (χ0) is 12.6. The van der Waals surface area contributed by atoms with E-state index in [-0.39, 0.29) is 30.0 Å². The van der Waals surface area contributed by atoms with Crippen LogP contribution in [0.15, 0.2) is 0 Å². The Balaban J connectivity index is 0.00000256. The first-order valence-electron chi connectivity index (χ1n) is 5.85. The van der Waals surface area contributed by atoms with E-state index in [0.717, 1.165) is 6.42 Å². The number of likely N-dealkylation sites (tertiary alicyclic amines) is 1. The zero-order valence-electron chi connectivity index (χ0n) is 11.4. The molecule has 4 nitrogen and oxygen atoms in total. The van der Waals surface area contributed by atoms with Crippen LogP contribution in [0, 0.1) is 5.41 Å².